The minimum Gasteiger partial charge on any atom is -0.481 e. The molecule has 0 heterocycles. The number of hydrogen-bond acceptors (Lipinski definition) is 2. The van der Waals surface area contributed by atoms with Gasteiger partial charge in [0.2, 0.25) is 0 Å². The van der Waals surface area contributed by atoms with E-state index in [2.05, 4.69) is 26.6 Å². The number of amides is 2. The van der Waals surface area contributed by atoms with Gasteiger partial charge >= 0.3 is 12.0 Å². The molecule has 0 radical (unpaired) electrons. The van der Waals surface area contributed by atoms with E-state index in [1.54, 1.807) is 0 Å². The number of carboxylic acid groups (broad SMARTS) is 1. The van der Waals surface area contributed by atoms with Crippen LogP contribution in [0.25, 0.3) is 0 Å². The predicted molar refractivity (Wildman–Crippen MR) is 75.0 cm³/mol. The maximum atomic E-state index is 13.1. The average molecular weight is 345 g/mol. The summed E-state index contributed by atoms with van der Waals surface area (Å²) in [5.41, 5.74) is -0.559. The Kier molecular flexibility index (Phi) is 4.27. The third-order valence-electron chi connectivity index (χ3n) is 3.53. The molecule has 0 aliphatic heterocycles. The Balaban J connectivity index is 1.93. The normalized spacial score (nSPS) is 16.1. The molecule has 7 heteroatoms. The Labute approximate surface area is 123 Å². The van der Waals surface area contributed by atoms with E-state index < -0.39 is 23.2 Å². The zero-order valence-electron chi connectivity index (χ0n) is 10.6. The molecule has 1 aromatic rings. The quantitative estimate of drug-likeness (QED) is 0.785. The van der Waals surface area contributed by atoms with Crippen LogP contribution >= 0.6 is 15.9 Å². The first-order valence-corrected chi connectivity index (χ1v) is 6.96. The highest BCUT2D eigenvalue weighted by atomic mass is 79.9. The predicted octanol–water partition coefficient (Wildman–Crippen LogP) is 2.96. The van der Waals surface area contributed by atoms with Crippen LogP contribution in [0.2, 0.25) is 0 Å². The lowest BCUT2D eigenvalue weighted by Crippen LogP contribution is -2.48. The van der Waals surface area contributed by atoms with Gasteiger partial charge in [-0.15, -0.1) is 0 Å². The molecule has 0 spiro atoms. The van der Waals surface area contributed by atoms with E-state index in [1.165, 1.54) is 18.2 Å². The van der Waals surface area contributed by atoms with E-state index in [9.17, 15) is 14.0 Å². The highest BCUT2D eigenvalue weighted by molar-refractivity contribution is 9.10. The zero-order chi connectivity index (χ0) is 14.8. The van der Waals surface area contributed by atoms with Crippen molar-refractivity contribution < 1.29 is 19.1 Å². The number of urea groups is 1. The fourth-order valence-corrected chi connectivity index (χ4v) is 2.42. The Morgan fingerprint density at radius 3 is 2.65 bits per heavy atom. The number of halogens is 2. The van der Waals surface area contributed by atoms with Crippen molar-refractivity contribution in [2.24, 2.45) is 5.41 Å². The van der Waals surface area contributed by atoms with E-state index >= 15 is 0 Å². The first kappa shape index (κ1) is 14.8. The van der Waals surface area contributed by atoms with Crippen LogP contribution in [0.3, 0.4) is 0 Å². The van der Waals surface area contributed by atoms with E-state index in [0.717, 1.165) is 6.42 Å². The van der Waals surface area contributed by atoms with Gasteiger partial charge < -0.3 is 15.7 Å². The second-order valence-electron chi connectivity index (χ2n) is 4.87. The summed E-state index contributed by atoms with van der Waals surface area (Å²) in [7, 11) is 0. The number of benzene rings is 1. The Bertz CT molecular complexity index is 546. The number of anilines is 1. The first-order chi connectivity index (χ1) is 9.43. The van der Waals surface area contributed by atoms with Crippen LogP contribution in [-0.4, -0.2) is 23.7 Å². The van der Waals surface area contributed by atoms with Gasteiger partial charge in [-0.1, -0.05) is 6.42 Å². The number of hydrogen-bond donors (Lipinski definition) is 3. The molecule has 2 rings (SSSR count). The summed E-state index contributed by atoms with van der Waals surface area (Å²) in [5.74, 6) is -1.36. The zero-order valence-corrected chi connectivity index (χ0v) is 12.2. The van der Waals surface area contributed by atoms with Gasteiger partial charge in [0.25, 0.3) is 0 Å². The molecule has 0 aromatic heterocycles. The lowest BCUT2D eigenvalue weighted by Gasteiger charge is -2.37. The van der Waals surface area contributed by atoms with Crippen molar-refractivity contribution in [1.82, 2.24) is 5.32 Å². The molecular weight excluding hydrogens is 331 g/mol. The number of carbonyl (C=O) groups excluding carboxylic acids is 1. The number of nitrogens with one attached hydrogen (secondary N) is 2. The van der Waals surface area contributed by atoms with Gasteiger partial charge in [0.1, 0.15) is 5.82 Å². The van der Waals surface area contributed by atoms with Crippen molar-refractivity contribution in [2.75, 3.05) is 11.9 Å². The number of carbonyl (C=O) groups is 2. The van der Waals surface area contributed by atoms with Gasteiger partial charge in [0.15, 0.2) is 0 Å². The summed E-state index contributed by atoms with van der Waals surface area (Å²) >= 11 is 3.19. The summed E-state index contributed by atoms with van der Waals surface area (Å²) in [4.78, 5) is 22.9. The van der Waals surface area contributed by atoms with Gasteiger partial charge in [0, 0.05) is 11.0 Å². The molecule has 5 nitrogen and oxygen atoms in total. The summed E-state index contributed by atoms with van der Waals surface area (Å²) in [6, 6.07) is 3.38. The fraction of sp³-hybridized carbons (Fsp3) is 0.385. The van der Waals surface area contributed by atoms with E-state index in [0.29, 0.717) is 23.0 Å². The third kappa shape index (κ3) is 3.09. The second-order valence-corrected chi connectivity index (χ2v) is 5.73. The van der Waals surface area contributed by atoms with E-state index in [4.69, 9.17) is 5.11 Å². The van der Waals surface area contributed by atoms with Crippen LogP contribution in [-0.2, 0) is 4.79 Å². The Hall–Kier alpha value is -1.63. The van der Waals surface area contributed by atoms with Crippen molar-refractivity contribution in [2.45, 2.75) is 19.3 Å². The van der Waals surface area contributed by atoms with Crippen LogP contribution in [0.5, 0.6) is 0 Å². The maximum Gasteiger partial charge on any atom is 0.319 e. The van der Waals surface area contributed by atoms with Gasteiger partial charge in [0.05, 0.1) is 11.1 Å². The van der Waals surface area contributed by atoms with Crippen LogP contribution in [0, 0.1) is 11.2 Å². The molecule has 1 aliphatic rings. The topological polar surface area (TPSA) is 78.4 Å². The molecule has 1 aliphatic carbocycles. The van der Waals surface area contributed by atoms with E-state index in [-0.39, 0.29) is 6.54 Å². The number of aliphatic carboxylic acids is 1. The van der Waals surface area contributed by atoms with Gasteiger partial charge in [-0.3, -0.25) is 4.79 Å². The summed E-state index contributed by atoms with van der Waals surface area (Å²) in [6.45, 7) is 0.0705. The van der Waals surface area contributed by atoms with E-state index in [1.807, 2.05) is 0 Å². The van der Waals surface area contributed by atoms with Crippen LogP contribution < -0.4 is 10.6 Å². The Morgan fingerprint density at radius 2 is 2.10 bits per heavy atom. The lowest BCUT2D eigenvalue weighted by molar-refractivity contribution is -0.153. The third-order valence-corrected chi connectivity index (χ3v) is 4.22. The Morgan fingerprint density at radius 1 is 1.40 bits per heavy atom. The molecule has 0 unspecified atom stereocenters. The molecule has 3 N–H and O–H groups in total. The highest BCUT2D eigenvalue weighted by Gasteiger charge is 2.44. The van der Waals surface area contributed by atoms with Gasteiger partial charge in [-0.2, -0.15) is 0 Å². The SMILES string of the molecule is O=C(NCC1(C(=O)O)CCC1)Nc1cc(F)ccc1Br. The molecule has 1 saturated carbocycles. The molecule has 20 heavy (non-hydrogen) atoms. The molecule has 1 aromatic carbocycles. The lowest BCUT2D eigenvalue weighted by atomic mass is 9.69. The maximum absolute atomic E-state index is 13.1. The van der Waals surface area contributed by atoms with Gasteiger partial charge in [-0.05, 0) is 47.0 Å². The fourth-order valence-electron chi connectivity index (χ4n) is 2.08. The highest BCUT2D eigenvalue weighted by Crippen LogP contribution is 2.40. The summed E-state index contributed by atoms with van der Waals surface area (Å²) in [6.07, 6.45) is 1.98. The molecular formula is C13H14BrFN2O3. The van der Waals surface area contributed by atoms with Crippen molar-refractivity contribution in [3.8, 4) is 0 Å². The van der Waals surface area contributed by atoms with Crippen LogP contribution in [0.4, 0.5) is 14.9 Å². The largest absolute Gasteiger partial charge is 0.481 e. The average Bonchev–Trinajstić information content (AvgIpc) is 2.32. The monoisotopic (exact) mass is 344 g/mol. The molecule has 1 fully saturated rings. The standard InChI is InChI=1S/C13H14BrFN2O3/c14-9-3-2-8(15)6-10(9)17-12(20)16-7-13(11(18)19)4-1-5-13/h2-3,6H,1,4-5,7H2,(H,18,19)(H2,16,17,20). The van der Waals surface area contributed by atoms with Crippen molar-refractivity contribution >= 4 is 33.6 Å². The molecule has 0 saturated heterocycles. The minimum atomic E-state index is -0.893. The number of carboxylic acids is 1. The summed E-state index contributed by atoms with van der Waals surface area (Å²) in [5, 5.41) is 14.1. The molecule has 2 amide bonds. The second kappa shape index (κ2) is 5.78. The van der Waals surface area contributed by atoms with Crippen molar-refractivity contribution in [1.29, 1.82) is 0 Å². The molecule has 0 bridgehead atoms. The van der Waals surface area contributed by atoms with Crippen molar-refractivity contribution in [3.05, 3.63) is 28.5 Å². The van der Waals surface area contributed by atoms with Crippen LogP contribution in [0.15, 0.2) is 22.7 Å². The molecule has 0 atom stereocenters. The van der Waals surface area contributed by atoms with Crippen LogP contribution in [0.1, 0.15) is 19.3 Å². The smallest absolute Gasteiger partial charge is 0.319 e. The number of rotatable bonds is 4. The first-order valence-electron chi connectivity index (χ1n) is 6.16. The summed E-state index contributed by atoms with van der Waals surface area (Å²) < 4.78 is 13.6. The van der Waals surface area contributed by atoms with Crippen molar-refractivity contribution in [3.63, 3.8) is 0 Å². The molecule has 108 valence electrons. The van der Waals surface area contributed by atoms with Gasteiger partial charge in [-0.25, -0.2) is 9.18 Å². The minimum absolute atomic E-state index is 0.0705.